The second-order valence-electron chi connectivity index (χ2n) is 9.69. The number of carbonyl (C=O) groups is 1. The monoisotopic (exact) mass is 444 g/mol. The predicted octanol–water partition coefficient (Wildman–Crippen LogP) is 5.95. The average Bonchev–Trinajstić information content (AvgIpc) is 2.85. The van der Waals surface area contributed by atoms with Gasteiger partial charge < -0.3 is 19.7 Å². The minimum absolute atomic E-state index is 0.0212. The van der Waals surface area contributed by atoms with Gasteiger partial charge in [0.05, 0.1) is 6.10 Å². The molecule has 3 rings (SSSR count). The van der Waals surface area contributed by atoms with E-state index in [0.29, 0.717) is 25.2 Å². The van der Waals surface area contributed by atoms with Crippen molar-refractivity contribution in [3.63, 3.8) is 0 Å². The fourth-order valence-electron chi connectivity index (χ4n) is 5.42. The van der Waals surface area contributed by atoms with Crippen molar-refractivity contribution in [1.29, 1.82) is 0 Å². The molecular formula is C27H44N2O3. The lowest BCUT2D eigenvalue weighted by Gasteiger charge is -2.38. The van der Waals surface area contributed by atoms with Crippen LogP contribution in [0, 0.1) is 11.8 Å². The minimum atomic E-state index is 0.0212. The number of nitrogens with zero attached hydrogens (tertiary/aromatic N) is 1. The van der Waals surface area contributed by atoms with Gasteiger partial charge in [-0.3, -0.25) is 0 Å². The number of nitrogens with one attached hydrogen (secondary N) is 1. The number of rotatable bonds is 11. The Morgan fingerprint density at radius 2 is 1.88 bits per heavy atom. The van der Waals surface area contributed by atoms with Crippen molar-refractivity contribution in [3.8, 4) is 0 Å². The van der Waals surface area contributed by atoms with Gasteiger partial charge in [-0.05, 0) is 43.6 Å². The highest BCUT2D eigenvalue weighted by Gasteiger charge is 2.32. The summed E-state index contributed by atoms with van der Waals surface area (Å²) in [5.41, 5.74) is 1.21. The van der Waals surface area contributed by atoms with E-state index in [1.165, 1.54) is 37.7 Å². The van der Waals surface area contributed by atoms with Crippen LogP contribution in [0.5, 0.6) is 0 Å². The van der Waals surface area contributed by atoms with Gasteiger partial charge in [0, 0.05) is 45.4 Å². The van der Waals surface area contributed by atoms with Crippen molar-refractivity contribution in [3.05, 3.63) is 35.9 Å². The number of methoxy groups -OCH3 is 1. The number of urea groups is 1. The number of hydrogen-bond acceptors (Lipinski definition) is 3. The lowest BCUT2D eigenvalue weighted by molar-refractivity contribution is -0.0168. The number of likely N-dealkylation sites (tertiary alicyclic amines) is 1. The van der Waals surface area contributed by atoms with E-state index in [4.69, 9.17) is 9.47 Å². The molecular weight excluding hydrogens is 400 g/mol. The predicted molar refractivity (Wildman–Crippen MR) is 130 cm³/mol. The highest BCUT2D eigenvalue weighted by atomic mass is 16.5. The van der Waals surface area contributed by atoms with Gasteiger partial charge in [-0.1, -0.05) is 69.4 Å². The van der Waals surface area contributed by atoms with Crippen molar-refractivity contribution < 1.29 is 14.3 Å². The molecule has 0 bridgehead atoms. The minimum Gasteiger partial charge on any atom is -0.385 e. The first-order valence-electron chi connectivity index (χ1n) is 12.9. The Labute approximate surface area is 195 Å². The molecule has 2 amide bonds. The molecule has 2 aliphatic rings. The smallest absolute Gasteiger partial charge is 0.317 e. The summed E-state index contributed by atoms with van der Waals surface area (Å²) < 4.78 is 11.5. The maximum absolute atomic E-state index is 13.2. The van der Waals surface area contributed by atoms with Crippen LogP contribution in [0.15, 0.2) is 30.3 Å². The summed E-state index contributed by atoms with van der Waals surface area (Å²) in [4.78, 5) is 15.2. The van der Waals surface area contributed by atoms with E-state index >= 15 is 0 Å². The quantitative estimate of drug-likeness (QED) is 0.429. The van der Waals surface area contributed by atoms with Crippen molar-refractivity contribution in [2.24, 2.45) is 11.8 Å². The van der Waals surface area contributed by atoms with Crippen LogP contribution in [-0.4, -0.2) is 50.4 Å². The Morgan fingerprint density at radius 1 is 1.09 bits per heavy atom. The van der Waals surface area contributed by atoms with Gasteiger partial charge in [-0.25, -0.2) is 4.79 Å². The average molecular weight is 445 g/mol. The van der Waals surface area contributed by atoms with Crippen LogP contribution in [-0.2, 0) is 9.47 Å². The Balaban J connectivity index is 1.57. The zero-order valence-electron chi connectivity index (χ0n) is 20.3. The summed E-state index contributed by atoms with van der Waals surface area (Å²) in [6, 6.07) is 10.9. The molecule has 1 aromatic carbocycles. The highest BCUT2D eigenvalue weighted by Crippen LogP contribution is 2.33. The zero-order valence-corrected chi connectivity index (χ0v) is 20.3. The van der Waals surface area contributed by atoms with Crippen molar-refractivity contribution in [2.45, 2.75) is 83.3 Å². The van der Waals surface area contributed by atoms with Crippen molar-refractivity contribution >= 4 is 6.03 Å². The SMILES string of the molecule is CC[C@H](CC1CCCCC1)NC(=O)N1CCC[C@@H]([C@@H](OCCCOC)c2ccccc2)C1. The first-order valence-corrected chi connectivity index (χ1v) is 12.9. The molecule has 1 N–H and O–H groups in total. The molecule has 1 heterocycles. The van der Waals surface area contributed by atoms with Gasteiger partial charge in [-0.15, -0.1) is 0 Å². The molecule has 32 heavy (non-hydrogen) atoms. The molecule has 5 nitrogen and oxygen atoms in total. The molecule has 0 spiro atoms. The topological polar surface area (TPSA) is 50.8 Å². The molecule has 1 saturated carbocycles. The van der Waals surface area contributed by atoms with Crippen LogP contribution in [0.4, 0.5) is 4.79 Å². The normalized spacial score (nSPS) is 21.8. The number of piperidine rings is 1. The number of carbonyl (C=O) groups excluding carboxylic acids is 1. The molecule has 1 aromatic rings. The molecule has 0 radical (unpaired) electrons. The first kappa shape index (κ1) is 25.0. The summed E-state index contributed by atoms with van der Waals surface area (Å²) in [5.74, 6) is 1.10. The fraction of sp³-hybridized carbons (Fsp3) is 0.741. The van der Waals surface area contributed by atoms with Gasteiger partial charge in [0.15, 0.2) is 0 Å². The van der Waals surface area contributed by atoms with Gasteiger partial charge in [0.25, 0.3) is 0 Å². The molecule has 2 fully saturated rings. The molecule has 1 aliphatic carbocycles. The van der Waals surface area contributed by atoms with Gasteiger partial charge in [0.1, 0.15) is 0 Å². The Hall–Kier alpha value is -1.59. The van der Waals surface area contributed by atoms with E-state index in [1.54, 1.807) is 7.11 Å². The van der Waals surface area contributed by atoms with Crippen LogP contribution in [0.3, 0.4) is 0 Å². The van der Waals surface area contributed by atoms with Gasteiger partial charge >= 0.3 is 6.03 Å². The van der Waals surface area contributed by atoms with E-state index in [0.717, 1.165) is 51.1 Å². The summed E-state index contributed by atoms with van der Waals surface area (Å²) in [7, 11) is 1.73. The lowest BCUT2D eigenvalue weighted by Crippen LogP contribution is -2.49. The molecule has 0 unspecified atom stereocenters. The third kappa shape index (κ3) is 7.77. The number of amides is 2. The van der Waals surface area contributed by atoms with Crippen molar-refractivity contribution in [1.82, 2.24) is 10.2 Å². The Kier molecular flexibility index (Phi) is 10.8. The summed E-state index contributed by atoms with van der Waals surface area (Å²) in [5, 5.41) is 3.37. The summed E-state index contributed by atoms with van der Waals surface area (Å²) in [6.07, 6.45) is 11.9. The molecule has 180 valence electrons. The molecule has 1 aliphatic heterocycles. The molecule has 3 atom stereocenters. The van der Waals surface area contributed by atoms with Crippen molar-refractivity contribution in [2.75, 3.05) is 33.4 Å². The summed E-state index contributed by atoms with van der Waals surface area (Å²) >= 11 is 0. The van der Waals surface area contributed by atoms with E-state index in [2.05, 4.69) is 36.5 Å². The zero-order chi connectivity index (χ0) is 22.6. The number of benzene rings is 1. The van der Waals surface area contributed by atoms with Crippen LogP contribution in [0.25, 0.3) is 0 Å². The van der Waals surface area contributed by atoms with Gasteiger partial charge in [-0.2, -0.15) is 0 Å². The number of hydrogen-bond donors (Lipinski definition) is 1. The van der Waals surface area contributed by atoms with Gasteiger partial charge in [0.2, 0.25) is 0 Å². The fourth-order valence-corrected chi connectivity index (χ4v) is 5.42. The maximum atomic E-state index is 13.2. The Bertz CT molecular complexity index is 648. The van der Waals surface area contributed by atoms with E-state index in [1.807, 2.05) is 11.0 Å². The largest absolute Gasteiger partial charge is 0.385 e. The highest BCUT2D eigenvalue weighted by molar-refractivity contribution is 5.74. The lowest BCUT2D eigenvalue weighted by atomic mass is 9.84. The maximum Gasteiger partial charge on any atom is 0.317 e. The van der Waals surface area contributed by atoms with Crippen LogP contribution < -0.4 is 5.32 Å². The summed E-state index contributed by atoms with van der Waals surface area (Å²) in [6.45, 7) is 5.19. The van der Waals surface area contributed by atoms with Crippen LogP contribution in [0.2, 0.25) is 0 Å². The molecule has 0 aromatic heterocycles. The van der Waals surface area contributed by atoms with Crippen LogP contribution in [0.1, 0.15) is 82.8 Å². The van der Waals surface area contributed by atoms with Crippen LogP contribution >= 0.6 is 0 Å². The van der Waals surface area contributed by atoms with E-state index < -0.39 is 0 Å². The number of ether oxygens (including phenoxy) is 2. The van der Waals surface area contributed by atoms with E-state index in [-0.39, 0.29) is 12.1 Å². The van der Waals surface area contributed by atoms with E-state index in [9.17, 15) is 4.79 Å². The Morgan fingerprint density at radius 3 is 2.59 bits per heavy atom. The standard InChI is InChI=1S/C27H44N2O3/c1-3-25(20-22-12-6-4-7-13-22)28-27(30)29-17-10-16-24(21-29)26(32-19-11-18-31-2)23-14-8-5-9-15-23/h5,8-9,14-15,22,24-26H,3-4,6-7,10-13,16-21H2,1-2H3,(H,28,30)/t24-,25-,26+/m1/s1. The molecule has 1 saturated heterocycles. The first-order chi connectivity index (χ1) is 15.7. The second-order valence-corrected chi connectivity index (χ2v) is 9.69. The molecule has 5 heteroatoms. The third-order valence-electron chi connectivity index (χ3n) is 7.25. The second kappa shape index (κ2) is 13.8. The third-order valence-corrected chi connectivity index (χ3v) is 7.25.